The van der Waals surface area contributed by atoms with Crippen LogP contribution in [0.3, 0.4) is 0 Å². The van der Waals surface area contributed by atoms with Crippen LogP contribution < -0.4 is 24.8 Å². The van der Waals surface area contributed by atoms with E-state index in [9.17, 15) is 0 Å². The van der Waals surface area contributed by atoms with Crippen LogP contribution in [0.15, 0.2) is 194 Å². The third kappa shape index (κ3) is 8.57. The summed E-state index contributed by atoms with van der Waals surface area (Å²) in [4.78, 5) is 0. The topological polar surface area (TPSA) is 0 Å². The van der Waals surface area contributed by atoms with Gasteiger partial charge in [-0.1, -0.05) is 102 Å². The van der Waals surface area contributed by atoms with Crippen LogP contribution in [0.25, 0.3) is 43.8 Å². The molecule has 0 unspecified atom stereocenters. The van der Waals surface area contributed by atoms with Crippen LogP contribution >= 0.6 is 0 Å². The van der Waals surface area contributed by atoms with Crippen LogP contribution in [0, 0.1) is 0 Å². The molecule has 0 saturated carbocycles. The summed E-state index contributed by atoms with van der Waals surface area (Å²) in [7, 11) is 0. The predicted octanol–water partition coefficient (Wildman–Crippen LogP) is 5.26. The average molecular weight is 711 g/mol. The maximum atomic E-state index is 2.24. The standard InChI is InChI=1S/C17H13.C13H9.C13H10.2ClH.Zr/c1-2-8-14(9-3-1)16-12-6-7-13-17(16)15-10-4-5-11-15;1-3-7-12-10(5-1)9-11-6-2-4-8-13(11)12;1-3-7-12(8-4-1)11-13-9-5-2-6-10-13;;;/h1-13H;1-9H;1-10H;2*1H;/q2*-1;;;;+2/p-2. The maximum Gasteiger partial charge on any atom is -0.0271 e. The van der Waals surface area contributed by atoms with Crippen LogP contribution in [0.1, 0.15) is 11.1 Å². The van der Waals surface area contributed by atoms with Crippen LogP contribution in [0.5, 0.6) is 0 Å². The zero-order valence-electron chi connectivity index (χ0n) is 25.2. The largest absolute Gasteiger partial charge is 0.176 e. The summed E-state index contributed by atoms with van der Waals surface area (Å²) < 4.78 is 1.42. The zero-order valence-corrected chi connectivity index (χ0v) is 29.2. The fraction of sp³-hybridized carbons (Fsp3) is 0. The number of halogens is 2. The van der Waals surface area contributed by atoms with Crippen molar-refractivity contribution in [1.82, 2.24) is 0 Å². The van der Waals surface area contributed by atoms with Crippen LogP contribution in [-0.4, -0.2) is 3.21 Å². The second-order valence-electron chi connectivity index (χ2n) is 10.5. The van der Waals surface area contributed by atoms with Gasteiger partial charge in [0.25, 0.3) is 0 Å². The first kappa shape index (κ1) is 34.7. The van der Waals surface area contributed by atoms with Gasteiger partial charge in [0.2, 0.25) is 0 Å². The van der Waals surface area contributed by atoms with Crippen molar-refractivity contribution < 1.29 is 49.0 Å². The Morgan fingerprint density at radius 1 is 0.413 bits per heavy atom. The first-order valence-electron chi connectivity index (χ1n) is 14.9. The Hall–Kier alpha value is -4.13. The fourth-order valence-electron chi connectivity index (χ4n) is 5.44. The van der Waals surface area contributed by atoms with E-state index in [2.05, 4.69) is 194 Å². The zero-order chi connectivity index (χ0) is 30.0. The van der Waals surface area contributed by atoms with Crippen molar-refractivity contribution in [2.75, 3.05) is 0 Å². The van der Waals surface area contributed by atoms with E-state index >= 15 is 0 Å². The maximum absolute atomic E-state index is 2.24. The van der Waals surface area contributed by atoms with E-state index in [1.807, 2.05) is 0 Å². The third-order valence-electron chi connectivity index (χ3n) is 7.63. The molecule has 0 saturated heterocycles. The van der Waals surface area contributed by atoms with Crippen molar-refractivity contribution in [3.05, 3.63) is 205 Å². The molecule has 0 fully saturated rings. The molecular weight excluding hydrogens is 679 g/mol. The van der Waals surface area contributed by atoms with E-state index in [1.54, 1.807) is 0 Å². The molecule has 8 aromatic rings. The summed E-state index contributed by atoms with van der Waals surface area (Å²) in [6.45, 7) is 0. The van der Waals surface area contributed by atoms with E-state index in [-0.39, 0.29) is 24.8 Å². The smallest absolute Gasteiger partial charge is 0.0271 e. The molecule has 8 rings (SSSR count). The van der Waals surface area contributed by atoms with E-state index in [0.29, 0.717) is 0 Å². The fourth-order valence-corrected chi connectivity index (χ4v) is 6.26. The molecule has 0 aliphatic carbocycles. The molecule has 0 bridgehead atoms. The molecule has 0 amide bonds. The molecule has 0 radical (unpaired) electrons. The van der Waals surface area contributed by atoms with Crippen molar-refractivity contribution in [2.45, 2.75) is 0 Å². The molecule has 0 heterocycles. The van der Waals surface area contributed by atoms with Gasteiger partial charge in [-0.2, -0.15) is 18.2 Å². The van der Waals surface area contributed by atoms with Gasteiger partial charge in [0.05, 0.1) is 0 Å². The minimum atomic E-state index is 0. The molecule has 0 nitrogen and oxygen atoms in total. The van der Waals surface area contributed by atoms with Crippen molar-refractivity contribution in [2.24, 2.45) is 0 Å². The Bertz CT molecular complexity index is 1970. The molecule has 224 valence electrons. The normalized spacial score (nSPS) is 9.96. The minimum absolute atomic E-state index is 0. The molecular formula is C43H32Cl2Zr-2. The second kappa shape index (κ2) is 17.5. The number of hydrogen-bond acceptors (Lipinski definition) is 0. The van der Waals surface area contributed by atoms with Crippen molar-refractivity contribution in [1.29, 1.82) is 0 Å². The third-order valence-corrected chi connectivity index (χ3v) is 9.05. The van der Waals surface area contributed by atoms with Crippen molar-refractivity contribution in [3.63, 3.8) is 0 Å². The van der Waals surface area contributed by atoms with Gasteiger partial charge in [-0.25, -0.2) is 0 Å². The molecule has 3 heteroatoms. The Balaban J connectivity index is 0.000000155. The molecule has 0 spiro atoms. The summed E-state index contributed by atoms with van der Waals surface area (Å²) in [5.74, 6) is 0. The summed E-state index contributed by atoms with van der Waals surface area (Å²) in [5.41, 5.74) is 7.80. The van der Waals surface area contributed by atoms with Crippen molar-refractivity contribution >= 4 is 24.8 Å². The second-order valence-corrected chi connectivity index (χ2v) is 11.7. The molecule has 0 N–H and O–H groups in total. The van der Waals surface area contributed by atoms with Gasteiger partial charge < -0.3 is 24.8 Å². The summed E-state index contributed by atoms with van der Waals surface area (Å²) >= 11 is 1.46. The SMILES string of the molecule is [Cl-].[Cl-].[Zr+2]=[C](c1ccccc1)c1ccccc1.c1ccc(-c2ccccc2-c2ccc[cH-]2)cc1.c1ccc2c(c1)[cH-]c1ccccc12. The quantitative estimate of drug-likeness (QED) is 0.219. The summed E-state index contributed by atoms with van der Waals surface area (Å²) in [5, 5.41) is 5.39. The van der Waals surface area contributed by atoms with E-state index in [4.69, 9.17) is 0 Å². The molecule has 46 heavy (non-hydrogen) atoms. The molecule has 0 aromatic heterocycles. The number of rotatable bonds is 4. The Morgan fingerprint density at radius 3 is 1.35 bits per heavy atom. The van der Waals surface area contributed by atoms with Crippen molar-refractivity contribution in [3.8, 4) is 22.3 Å². The average Bonchev–Trinajstić information content (AvgIpc) is 3.79. The minimum Gasteiger partial charge on any atom is -0.176 e. The Kier molecular flexibility index (Phi) is 13.2. The first-order valence-corrected chi connectivity index (χ1v) is 16.1. The monoisotopic (exact) mass is 708 g/mol. The molecule has 0 aliphatic heterocycles. The number of benzene rings is 6. The predicted molar refractivity (Wildman–Crippen MR) is 186 cm³/mol. The van der Waals surface area contributed by atoms with E-state index < -0.39 is 0 Å². The van der Waals surface area contributed by atoms with Crippen LogP contribution in [-0.2, 0) is 24.2 Å². The summed E-state index contributed by atoms with van der Waals surface area (Å²) in [6.07, 6.45) is 0. The first-order chi connectivity index (χ1) is 21.8. The Morgan fingerprint density at radius 2 is 0.848 bits per heavy atom. The van der Waals surface area contributed by atoms with Crippen LogP contribution in [0.2, 0.25) is 0 Å². The Labute approximate surface area is 299 Å². The summed E-state index contributed by atoms with van der Waals surface area (Å²) in [6, 6.07) is 67.9. The van der Waals surface area contributed by atoms with Gasteiger partial charge in [-0.05, 0) is 5.56 Å². The molecule has 0 atom stereocenters. The van der Waals surface area contributed by atoms with Gasteiger partial charge in [0, 0.05) is 0 Å². The molecule has 8 aromatic carbocycles. The van der Waals surface area contributed by atoms with Gasteiger partial charge in [0.15, 0.2) is 0 Å². The van der Waals surface area contributed by atoms with Gasteiger partial charge in [-0.3, -0.25) is 0 Å². The van der Waals surface area contributed by atoms with E-state index in [0.717, 1.165) is 0 Å². The molecule has 0 aliphatic rings. The number of hydrogen-bond donors (Lipinski definition) is 0. The van der Waals surface area contributed by atoms with Gasteiger partial charge >= 0.3 is 99.2 Å². The van der Waals surface area contributed by atoms with Gasteiger partial charge in [0.1, 0.15) is 0 Å². The number of fused-ring (bicyclic) bond motifs is 3. The van der Waals surface area contributed by atoms with Gasteiger partial charge in [-0.15, -0.1) is 51.4 Å². The van der Waals surface area contributed by atoms with E-state index in [1.165, 1.54) is 82.4 Å². The van der Waals surface area contributed by atoms with Crippen LogP contribution in [0.4, 0.5) is 0 Å².